The predicted molar refractivity (Wildman–Crippen MR) is 65.5 cm³/mol. The van der Waals surface area contributed by atoms with Gasteiger partial charge in [-0.1, -0.05) is 11.6 Å². The minimum atomic E-state index is 0.455. The number of rotatable bonds is 1. The average molecular weight is 333 g/mol. The molecule has 0 bridgehead atoms. The molecule has 0 radical (unpaired) electrons. The van der Waals surface area contributed by atoms with Gasteiger partial charge in [0.15, 0.2) is 5.82 Å². The van der Waals surface area contributed by atoms with Gasteiger partial charge < -0.3 is 0 Å². The molecule has 0 atom stereocenters. The molecule has 0 saturated heterocycles. The van der Waals surface area contributed by atoms with Crippen LogP contribution in [0.5, 0.6) is 0 Å². The van der Waals surface area contributed by atoms with Crippen LogP contribution in [-0.2, 0) is 0 Å². The Bertz CT molecular complexity index is 466. The van der Waals surface area contributed by atoms with E-state index >= 15 is 0 Å². The number of aryl methyl sites for hydroxylation is 1. The van der Waals surface area contributed by atoms with Crippen LogP contribution in [0.3, 0.4) is 0 Å². The molecule has 2 aromatic rings. The smallest absolute Gasteiger partial charge is 0.180 e. The summed E-state index contributed by atoms with van der Waals surface area (Å²) >= 11 is 8.08. The van der Waals surface area contributed by atoms with Crippen molar-refractivity contribution in [1.29, 1.82) is 0 Å². The van der Waals surface area contributed by atoms with Crippen molar-refractivity contribution < 1.29 is 0 Å². The van der Waals surface area contributed by atoms with E-state index in [0.29, 0.717) is 16.7 Å². The fraction of sp³-hybridized carbons (Fsp3) is 0.111. The van der Waals surface area contributed by atoms with Gasteiger partial charge in [-0.05, 0) is 35.6 Å². The van der Waals surface area contributed by atoms with Gasteiger partial charge in [-0.25, -0.2) is 19.9 Å². The molecule has 2 rings (SSSR count). The summed E-state index contributed by atoms with van der Waals surface area (Å²) in [7, 11) is 0. The number of nitrogens with zero attached hydrogens (tertiary/aromatic N) is 4. The average Bonchev–Trinajstić information content (AvgIpc) is 2.26. The summed E-state index contributed by atoms with van der Waals surface area (Å²) in [6.45, 7) is 1.89. The molecule has 0 aliphatic carbocycles. The van der Waals surface area contributed by atoms with Gasteiger partial charge in [0.25, 0.3) is 0 Å². The Hall–Kier alpha value is -0.820. The topological polar surface area (TPSA) is 51.6 Å². The monoisotopic (exact) mass is 332 g/mol. The molecule has 0 spiro atoms. The van der Waals surface area contributed by atoms with Crippen molar-refractivity contribution in [1.82, 2.24) is 19.9 Å². The van der Waals surface area contributed by atoms with Gasteiger partial charge in [0.05, 0.1) is 9.26 Å². The third-order valence-electron chi connectivity index (χ3n) is 1.79. The van der Waals surface area contributed by atoms with Gasteiger partial charge in [0.2, 0.25) is 0 Å². The Morgan fingerprint density at radius 2 is 2.13 bits per heavy atom. The molecule has 0 amide bonds. The Balaban J connectivity index is 2.56. The molecule has 4 nitrogen and oxygen atoms in total. The molecule has 0 aliphatic rings. The van der Waals surface area contributed by atoms with E-state index in [9.17, 15) is 0 Å². The second-order valence-corrected chi connectivity index (χ2v) is 4.27. The summed E-state index contributed by atoms with van der Waals surface area (Å²) in [4.78, 5) is 16.4. The lowest BCUT2D eigenvalue weighted by atomic mass is 10.3. The van der Waals surface area contributed by atoms with Crippen LogP contribution in [0.2, 0.25) is 5.15 Å². The first kappa shape index (κ1) is 10.7. The van der Waals surface area contributed by atoms with Crippen LogP contribution < -0.4 is 0 Å². The van der Waals surface area contributed by atoms with Crippen LogP contribution >= 0.6 is 34.2 Å². The molecule has 15 heavy (non-hydrogen) atoms. The Morgan fingerprint density at radius 3 is 2.73 bits per heavy atom. The molecule has 76 valence electrons. The highest BCUT2D eigenvalue weighted by atomic mass is 127. The highest BCUT2D eigenvalue weighted by Gasteiger charge is 2.09. The molecular formula is C9H6ClIN4. The van der Waals surface area contributed by atoms with Gasteiger partial charge in [-0.3, -0.25) is 0 Å². The first-order chi connectivity index (χ1) is 7.18. The third-order valence-corrected chi connectivity index (χ3v) is 3.67. The number of halogens is 2. The van der Waals surface area contributed by atoms with Crippen LogP contribution in [0, 0.1) is 10.5 Å². The number of hydrogen-bond acceptors (Lipinski definition) is 4. The largest absolute Gasteiger partial charge is 0.245 e. The number of aromatic nitrogens is 4. The SMILES string of the molecule is Cc1nc(-c2ccncn2)nc(Cl)c1I. The van der Waals surface area contributed by atoms with Crippen LogP contribution in [0.1, 0.15) is 5.69 Å². The van der Waals surface area contributed by atoms with Gasteiger partial charge in [-0.2, -0.15) is 0 Å². The van der Waals surface area contributed by atoms with Crippen LogP contribution in [0.15, 0.2) is 18.6 Å². The van der Waals surface area contributed by atoms with E-state index in [1.165, 1.54) is 6.33 Å². The van der Waals surface area contributed by atoms with Crippen LogP contribution in [0.4, 0.5) is 0 Å². The normalized spacial score (nSPS) is 10.3. The van der Waals surface area contributed by atoms with E-state index in [4.69, 9.17) is 11.6 Å². The zero-order chi connectivity index (χ0) is 10.8. The third kappa shape index (κ3) is 2.23. The maximum atomic E-state index is 5.97. The minimum absolute atomic E-state index is 0.455. The maximum absolute atomic E-state index is 5.97. The maximum Gasteiger partial charge on any atom is 0.180 e. The fourth-order valence-electron chi connectivity index (χ4n) is 1.06. The molecule has 2 heterocycles. The van der Waals surface area contributed by atoms with Crippen LogP contribution in [-0.4, -0.2) is 19.9 Å². The molecule has 0 N–H and O–H groups in total. The number of hydrogen-bond donors (Lipinski definition) is 0. The van der Waals surface area contributed by atoms with Crippen molar-refractivity contribution in [3.05, 3.63) is 33.0 Å². The van der Waals surface area contributed by atoms with Gasteiger partial charge >= 0.3 is 0 Å². The van der Waals surface area contributed by atoms with E-state index in [2.05, 4.69) is 42.5 Å². The highest BCUT2D eigenvalue weighted by Crippen LogP contribution is 2.21. The summed E-state index contributed by atoms with van der Waals surface area (Å²) in [5.74, 6) is 0.528. The fourth-order valence-corrected chi connectivity index (χ4v) is 1.52. The summed E-state index contributed by atoms with van der Waals surface area (Å²) in [6, 6.07) is 1.75. The molecule has 0 aliphatic heterocycles. The molecule has 0 saturated carbocycles. The van der Waals surface area contributed by atoms with Crippen molar-refractivity contribution >= 4 is 34.2 Å². The van der Waals surface area contributed by atoms with E-state index in [0.717, 1.165) is 9.26 Å². The van der Waals surface area contributed by atoms with E-state index < -0.39 is 0 Å². The zero-order valence-corrected chi connectivity index (χ0v) is 10.7. The summed E-state index contributed by atoms with van der Waals surface area (Å²) in [5, 5.41) is 0.455. The lowest BCUT2D eigenvalue weighted by Gasteiger charge is -2.03. The summed E-state index contributed by atoms with van der Waals surface area (Å²) in [5.41, 5.74) is 1.52. The standard InChI is InChI=1S/C9H6ClIN4/c1-5-7(11)8(10)15-9(14-5)6-2-3-12-4-13-6/h2-4H,1H3. The highest BCUT2D eigenvalue weighted by molar-refractivity contribution is 14.1. The summed E-state index contributed by atoms with van der Waals surface area (Å²) in [6.07, 6.45) is 3.10. The van der Waals surface area contributed by atoms with Gasteiger partial charge in [-0.15, -0.1) is 0 Å². The predicted octanol–water partition coefficient (Wildman–Crippen LogP) is 2.50. The van der Waals surface area contributed by atoms with Gasteiger partial charge in [0, 0.05) is 6.20 Å². The lowest BCUT2D eigenvalue weighted by Crippen LogP contribution is -1.97. The quantitative estimate of drug-likeness (QED) is 0.595. The minimum Gasteiger partial charge on any atom is -0.245 e. The second-order valence-electron chi connectivity index (χ2n) is 2.83. The molecule has 0 aromatic carbocycles. The van der Waals surface area contributed by atoms with Gasteiger partial charge in [0.1, 0.15) is 17.2 Å². The Kier molecular flexibility index (Phi) is 3.11. The zero-order valence-electron chi connectivity index (χ0n) is 7.78. The first-order valence-electron chi connectivity index (χ1n) is 4.14. The molecule has 0 unspecified atom stereocenters. The molecule has 6 heteroatoms. The van der Waals surface area contributed by atoms with Crippen molar-refractivity contribution in [3.63, 3.8) is 0 Å². The lowest BCUT2D eigenvalue weighted by molar-refractivity contribution is 1.06. The van der Waals surface area contributed by atoms with Crippen molar-refractivity contribution in [2.45, 2.75) is 6.92 Å². The van der Waals surface area contributed by atoms with Crippen molar-refractivity contribution in [2.24, 2.45) is 0 Å². The Labute approximate surface area is 105 Å². The van der Waals surface area contributed by atoms with Crippen molar-refractivity contribution in [3.8, 4) is 11.5 Å². The molecule has 2 aromatic heterocycles. The van der Waals surface area contributed by atoms with E-state index in [1.807, 2.05) is 6.92 Å². The second kappa shape index (κ2) is 4.36. The van der Waals surface area contributed by atoms with Crippen molar-refractivity contribution in [2.75, 3.05) is 0 Å². The molecular weight excluding hydrogens is 326 g/mol. The molecule has 0 fully saturated rings. The van der Waals surface area contributed by atoms with E-state index in [1.54, 1.807) is 12.3 Å². The van der Waals surface area contributed by atoms with Crippen LogP contribution in [0.25, 0.3) is 11.5 Å². The first-order valence-corrected chi connectivity index (χ1v) is 5.60. The van der Waals surface area contributed by atoms with E-state index in [-0.39, 0.29) is 0 Å². The Morgan fingerprint density at radius 1 is 1.33 bits per heavy atom. The summed E-state index contributed by atoms with van der Waals surface area (Å²) < 4.78 is 0.868.